The van der Waals surface area contributed by atoms with Gasteiger partial charge in [0.2, 0.25) is 5.91 Å². The number of carbonyl (C=O) groups excluding carboxylic acids is 1. The molecule has 0 aromatic heterocycles. The van der Waals surface area contributed by atoms with E-state index >= 15 is 0 Å². The van der Waals surface area contributed by atoms with E-state index in [1.54, 1.807) is 7.05 Å². The van der Waals surface area contributed by atoms with E-state index in [0.29, 0.717) is 12.5 Å². The molecule has 0 radical (unpaired) electrons. The molecule has 0 aromatic carbocycles. The number of aliphatic imine (C=N–C) groups is 1. The Hall–Kier alpha value is -0.570. The Morgan fingerprint density at radius 1 is 1.39 bits per heavy atom. The number of nitrogens with one attached hydrogen (secondary N) is 2. The third-order valence-corrected chi connectivity index (χ3v) is 3.89. The quantitative estimate of drug-likeness (QED) is 0.373. The van der Waals surface area contributed by atoms with Gasteiger partial charge in [0.05, 0.1) is 0 Å². The molecule has 0 saturated carbocycles. The van der Waals surface area contributed by atoms with Crippen LogP contribution in [0.5, 0.6) is 0 Å². The topological polar surface area (TPSA) is 60.0 Å². The molecule has 1 saturated heterocycles. The smallest absolute Gasteiger partial charge is 0.222 e. The summed E-state index contributed by atoms with van der Waals surface area (Å²) in [6, 6.07) is 0.290. The Morgan fingerprint density at radius 3 is 2.57 bits per heavy atom. The number of halogens is 1. The lowest BCUT2D eigenvalue weighted by atomic mass is 9.93. The summed E-state index contributed by atoms with van der Waals surface area (Å²) in [5.74, 6) is 1.06. The van der Waals surface area contributed by atoms with Crippen molar-refractivity contribution < 1.29 is 4.79 Å². The molecule has 23 heavy (non-hydrogen) atoms. The van der Waals surface area contributed by atoms with Crippen molar-refractivity contribution >= 4 is 35.8 Å². The van der Waals surface area contributed by atoms with Crippen LogP contribution in [-0.2, 0) is 4.79 Å². The molecule has 1 fully saturated rings. The molecule has 1 unspecified atom stereocenters. The summed E-state index contributed by atoms with van der Waals surface area (Å²) in [6.07, 6.45) is 1.56. The highest BCUT2D eigenvalue weighted by atomic mass is 127. The number of hydrogen-bond acceptors (Lipinski definition) is 3. The maximum absolute atomic E-state index is 11.7. The fourth-order valence-electron chi connectivity index (χ4n) is 2.95. The van der Waals surface area contributed by atoms with Gasteiger partial charge in [-0.1, -0.05) is 20.8 Å². The third kappa shape index (κ3) is 8.19. The molecule has 1 amide bonds. The maximum Gasteiger partial charge on any atom is 0.222 e. The molecule has 6 nitrogen and oxygen atoms in total. The van der Waals surface area contributed by atoms with Crippen LogP contribution in [0.1, 0.15) is 33.6 Å². The highest BCUT2D eigenvalue weighted by Gasteiger charge is 2.26. The summed E-state index contributed by atoms with van der Waals surface area (Å²) in [7, 11) is 5.97. The number of guanidine groups is 1. The van der Waals surface area contributed by atoms with E-state index in [1.807, 2.05) is 11.8 Å². The molecular weight excluding hydrogens is 405 g/mol. The second-order valence-electron chi connectivity index (χ2n) is 7.15. The highest BCUT2D eigenvalue weighted by molar-refractivity contribution is 14.0. The number of hydrogen-bond donors (Lipinski definition) is 2. The molecule has 7 heteroatoms. The Balaban J connectivity index is 0.00000484. The van der Waals surface area contributed by atoms with Crippen molar-refractivity contribution in [2.45, 2.75) is 39.7 Å². The molecule has 1 rings (SSSR count). The molecule has 1 atom stereocenters. The predicted molar refractivity (Wildman–Crippen MR) is 108 cm³/mol. The van der Waals surface area contributed by atoms with Crippen LogP contribution in [-0.4, -0.2) is 75.0 Å². The highest BCUT2D eigenvalue weighted by Crippen LogP contribution is 2.14. The van der Waals surface area contributed by atoms with Gasteiger partial charge in [-0.3, -0.25) is 9.79 Å². The van der Waals surface area contributed by atoms with Crippen molar-refractivity contribution in [3.8, 4) is 0 Å². The lowest BCUT2D eigenvalue weighted by Gasteiger charge is -2.29. The minimum Gasteiger partial charge on any atom is -0.356 e. The van der Waals surface area contributed by atoms with Crippen LogP contribution in [0.3, 0.4) is 0 Å². The van der Waals surface area contributed by atoms with Crippen molar-refractivity contribution in [3.63, 3.8) is 0 Å². The molecule has 0 aromatic rings. The van der Waals surface area contributed by atoms with Gasteiger partial charge in [-0.15, -0.1) is 24.0 Å². The monoisotopic (exact) mass is 439 g/mol. The minimum atomic E-state index is 0. The SMILES string of the molecule is CCC(=O)N1CCC(NC(=NC)NCC(C)(C)CN(C)C)C1.I. The molecule has 136 valence electrons. The lowest BCUT2D eigenvalue weighted by molar-refractivity contribution is -0.129. The number of amides is 1. The largest absolute Gasteiger partial charge is 0.356 e. The second kappa shape index (κ2) is 10.3. The summed E-state index contributed by atoms with van der Waals surface area (Å²) < 4.78 is 0. The number of nitrogens with zero attached hydrogens (tertiary/aromatic N) is 3. The van der Waals surface area contributed by atoms with Crippen LogP contribution in [0.25, 0.3) is 0 Å². The van der Waals surface area contributed by atoms with Crippen molar-refractivity contribution in [1.82, 2.24) is 20.4 Å². The Morgan fingerprint density at radius 2 is 2.04 bits per heavy atom. The first kappa shape index (κ1) is 22.4. The second-order valence-corrected chi connectivity index (χ2v) is 7.15. The standard InChI is InChI=1S/C16H33N5O.HI/c1-7-14(22)21-9-8-13(10-21)19-15(17-4)18-11-16(2,3)12-20(5)6;/h13H,7-12H2,1-6H3,(H2,17,18,19);1H. The average Bonchev–Trinajstić information content (AvgIpc) is 2.89. The van der Waals surface area contributed by atoms with Crippen LogP contribution < -0.4 is 10.6 Å². The molecule has 0 aliphatic carbocycles. The zero-order chi connectivity index (χ0) is 16.8. The normalized spacial score (nSPS) is 18.8. The van der Waals surface area contributed by atoms with Crippen LogP contribution in [0, 0.1) is 5.41 Å². The third-order valence-electron chi connectivity index (χ3n) is 3.89. The summed E-state index contributed by atoms with van der Waals surface area (Å²) >= 11 is 0. The molecule has 0 bridgehead atoms. The van der Waals surface area contributed by atoms with Crippen LogP contribution in [0.15, 0.2) is 4.99 Å². The number of rotatable bonds is 6. The van der Waals surface area contributed by atoms with Crippen LogP contribution in [0.4, 0.5) is 0 Å². The molecule has 2 N–H and O–H groups in total. The van der Waals surface area contributed by atoms with Gasteiger partial charge in [0.25, 0.3) is 0 Å². The fourth-order valence-corrected chi connectivity index (χ4v) is 2.95. The van der Waals surface area contributed by atoms with Gasteiger partial charge in [-0.25, -0.2) is 0 Å². The molecule has 1 aliphatic heterocycles. The van der Waals surface area contributed by atoms with Gasteiger partial charge in [-0.05, 0) is 25.9 Å². The summed E-state index contributed by atoms with van der Waals surface area (Å²) in [5, 5.41) is 6.84. The van der Waals surface area contributed by atoms with Gasteiger partial charge in [0, 0.05) is 45.7 Å². The van der Waals surface area contributed by atoms with Crippen molar-refractivity contribution in [2.24, 2.45) is 10.4 Å². The van der Waals surface area contributed by atoms with E-state index in [2.05, 4.69) is 48.5 Å². The molecular formula is C16H34IN5O. The minimum absolute atomic E-state index is 0. The van der Waals surface area contributed by atoms with Crippen molar-refractivity contribution in [1.29, 1.82) is 0 Å². The first-order valence-corrected chi connectivity index (χ1v) is 8.17. The van der Waals surface area contributed by atoms with Gasteiger partial charge >= 0.3 is 0 Å². The van der Waals surface area contributed by atoms with Crippen molar-refractivity contribution in [2.75, 3.05) is 47.3 Å². The van der Waals surface area contributed by atoms with E-state index in [0.717, 1.165) is 38.6 Å². The maximum atomic E-state index is 11.7. The first-order chi connectivity index (χ1) is 10.3. The molecule has 1 aliphatic rings. The zero-order valence-corrected chi connectivity index (χ0v) is 17.8. The fraction of sp³-hybridized carbons (Fsp3) is 0.875. The number of likely N-dealkylation sites (tertiary alicyclic amines) is 1. The first-order valence-electron chi connectivity index (χ1n) is 8.17. The summed E-state index contributed by atoms with van der Waals surface area (Å²) in [4.78, 5) is 20.2. The number of carbonyl (C=O) groups is 1. The zero-order valence-electron chi connectivity index (χ0n) is 15.5. The molecule has 0 spiro atoms. The van der Waals surface area contributed by atoms with Crippen LogP contribution >= 0.6 is 24.0 Å². The van der Waals surface area contributed by atoms with Crippen molar-refractivity contribution in [3.05, 3.63) is 0 Å². The van der Waals surface area contributed by atoms with Gasteiger partial charge in [0.1, 0.15) is 0 Å². The predicted octanol–water partition coefficient (Wildman–Crippen LogP) is 1.37. The van der Waals surface area contributed by atoms with Gasteiger partial charge in [-0.2, -0.15) is 0 Å². The average molecular weight is 439 g/mol. The van der Waals surface area contributed by atoms with E-state index < -0.39 is 0 Å². The van der Waals surface area contributed by atoms with Crippen LogP contribution in [0.2, 0.25) is 0 Å². The van der Waals surface area contributed by atoms with E-state index in [1.165, 1.54) is 0 Å². The summed E-state index contributed by atoms with van der Waals surface area (Å²) in [5.41, 5.74) is 0.168. The lowest BCUT2D eigenvalue weighted by Crippen LogP contribution is -2.48. The van der Waals surface area contributed by atoms with E-state index in [-0.39, 0.29) is 35.3 Å². The van der Waals surface area contributed by atoms with E-state index in [9.17, 15) is 4.79 Å². The van der Waals surface area contributed by atoms with Gasteiger partial charge < -0.3 is 20.4 Å². The Labute approximate surface area is 158 Å². The molecule has 1 heterocycles. The Kier molecular flexibility index (Phi) is 10.1. The van der Waals surface area contributed by atoms with Gasteiger partial charge in [0.15, 0.2) is 5.96 Å². The Bertz CT molecular complexity index is 398. The summed E-state index contributed by atoms with van der Waals surface area (Å²) in [6.45, 7) is 9.88. The van der Waals surface area contributed by atoms with E-state index in [4.69, 9.17) is 0 Å².